The van der Waals surface area contributed by atoms with E-state index >= 15 is 0 Å². The summed E-state index contributed by atoms with van der Waals surface area (Å²) in [7, 11) is -4.05. The van der Waals surface area contributed by atoms with Gasteiger partial charge in [0, 0.05) is 6.04 Å². The molecule has 1 saturated carbocycles. The van der Waals surface area contributed by atoms with Gasteiger partial charge >= 0.3 is 5.97 Å². The summed E-state index contributed by atoms with van der Waals surface area (Å²) in [6.07, 6.45) is 2.40. The molecule has 2 N–H and O–H groups in total. The highest BCUT2D eigenvalue weighted by atomic mass is 32.2. The summed E-state index contributed by atoms with van der Waals surface area (Å²) < 4.78 is 40.2. The van der Waals surface area contributed by atoms with E-state index in [0.717, 1.165) is 25.0 Å². The summed E-state index contributed by atoms with van der Waals surface area (Å²) in [4.78, 5) is 10.7. The molecule has 2 atom stereocenters. The number of aliphatic carboxylic acids is 1. The second kappa shape index (κ2) is 5.88. The fourth-order valence-corrected chi connectivity index (χ4v) is 3.88. The fraction of sp³-hybridized carbons (Fsp3) is 0.462. The van der Waals surface area contributed by atoms with Crippen LogP contribution in [-0.2, 0) is 14.8 Å². The number of sulfonamides is 1. The predicted octanol–water partition coefficient (Wildman–Crippen LogP) is 1.75. The van der Waals surface area contributed by atoms with E-state index in [-0.39, 0.29) is 0 Å². The molecule has 0 amide bonds. The molecule has 1 aliphatic rings. The largest absolute Gasteiger partial charge is 0.481 e. The van der Waals surface area contributed by atoms with Crippen LogP contribution < -0.4 is 4.72 Å². The van der Waals surface area contributed by atoms with Crippen LogP contribution in [0.2, 0.25) is 0 Å². The van der Waals surface area contributed by atoms with Crippen LogP contribution in [0.3, 0.4) is 0 Å². The maximum Gasteiger partial charge on any atom is 0.308 e. The van der Waals surface area contributed by atoms with Crippen molar-refractivity contribution >= 4 is 16.0 Å². The van der Waals surface area contributed by atoms with E-state index in [1.54, 1.807) is 0 Å². The van der Waals surface area contributed by atoms with Crippen LogP contribution in [0.5, 0.6) is 0 Å². The number of nitrogens with one attached hydrogen (secondary N) is 1. The first-order chi connectivity index (χ1) is 9.42. The van der Waals surface area contributed by atoms with Gasteiger partial charge in [-0.25, -0.2) is 17.5 Å². The third-order valence-electron chi connectivity index (χ3n) is 3.52. The van der Waals surface area contributed by atoms with Crippen LogP contribution in [0.15, 0.2) is 29.2 Å². The monoisotopic (exact) mass is 301 g/mol. The van der Waals surface area contributed by atoms with Gasteiger partial charge in [0.15, 0.2) is 0 Å². The Kier molecular flexibility index (Phi) is 4.39. The number of carbonyl (C=O) groups is 1. The molecule has 1 aromatic carbocycles. The van der Waals surface area contributed by atoms with Crippen LogP contribution in [0.25, 0.3) is 0 Å². The first kappa shape index (κ1) is 14.9. The number of carboxylic acid groups (broad SMARTS) is 1. The zero-order valence-electron chi connectivity index (χ0n) is 10.8. The predicted molar refractivity (Wildman–Crippen MR) is 70.1 cm³/mol. The second-order valence-electron chi connectivity index (χ2n) is 4.89. The SMILES string of the molecule is O=C(O)C1CCCCC1NS(=O)(=O)c1ccccc1F. The van der Waals surface area contributed by atoms with Gasteiger partial charge in [-0.1, -0.05) is 25.0 Å². The smallest absolute Gasteiger partial charge is 0.308 e. The highest BCUT2D eigenvalue weighted by Crippen LogP contribution is 2.26. The van der Waals surface area contributed by atoms with Crippen molar-refractivity contribution in [2.45, 2.75) is 36.6 Å². The third-order valence-corrected chi connectivity index (χ3v) is 5.04. The standard InChI is InChI=1S/C13H16FNO4S/c14-10-6-2-4-8-12(10)20(18,19)15-11-7-3-1-5-9(11)13(16)17/h2,4,6,8-9,11,15H,1,3,5,7H2,(H,16,17). The van der Waals surface area contributed by atoms with Crippen LogP contribution >= 0.6 is 0 Å². The molecular formula is C13H16FNO4S. The molecule has 0 spiro atoms. The van der Waals surface area contributed by atoms with E-state index in [1.807, 2.05) is 0 Å². The molecule has 2 unspecified atom stereocenters. The molecule has 5 nitrogen and oxygen atoms in total. The topological polar surface area (TPSA) is 83.5 Å². The van der Waals surface area contributed by atoms with Crippen molar-refractivity contribution < 1.29 is 22.7 Å². The first-order valence-electron chi connectivity index (χ1n) is 6.41. The lowest BCUT2D eigenvalue weighted by atomic mass is 9.85. The Bertz CT molecular complexity index is 602. The number of carboxylic acids is 1. The van der Waals surface area contributed by atoms with Gasteiger partial charge in [-0.15, -0.1) is 0 Å². The number of hydrogen-bond acceptors (Lipinski definition) is 3. The molecule has 110 valence electrons. The fourth-order valence-electron chi connectivity index (χ4n) is 2.49. The summed E-state index contributed by atoms with van der Waals surface area (Å²) >= 11 is 0. The van der Waals surface area contributed by atoms with Crippen LogP contribution in [0.4, 0.5) is 4.39 Å². The van der Waals surface area contributed by atoms with Crippen LogP contribution in [0.1, 0.15) is 25.7 Å². The molecule has 7 heteroatoms. The van der Waals surface area contributed by atoms with E-state index in [1.165, 1.54) is 12.1 Å². The van der Waals surface area contributed by atoms with Crippen molar-refractivity contribution in [1.82, 2.24) is 4.72 Å². The molecule has 0 radical (unpaired) electrons. The van der Waals surface area contributed by atoms with Crippen molar-refractivity contribution in [2.75, 3.05) is 0 Å². The second-order valence-corrected chi connectivity index (χ2v) is 6.57. The Hall–Kier alpha value is -1.47. The van der Waals surface area contributed by atoms with Crippen molar-refractivity contribution in [3.8, 4) is 0 Å². The Labute approximate surface area is 116 Å². The Morgan fingerprint density at radius 3 is 2.55 bits per heavy atom. The Morgan fingerprint density at radius 1 is 1.25 bits per heavy atom. The summed E-state index contributed by atoms with van der Waals surface area (Å²) in [6, 6.07) is 4.36. The molecule has 1 fully saturated rings. The molecule has 1 aliphatic carbocycles. The minimum Gasteiger partial charge on any atom is -0.481 e. The van der Waals surface area contributed by atoms with E-state index < -0.39 is 38.7 Å². The van der Waals surface area contributed by atoms with Gasteiger partial charge in [0.1, 0.15) is 10.7 Å². The highest BCUT2D eigenvalue weighted by Gasteiger charge is 2.34. The van der Waals surface area contributed by atoms with Crippen molar-refractivity contribution in [1.29, 1.82) is 0 Å². The molecule has 0 aliphatic heterocycles. The van der Waals surface area contributed by atoms with E-state index in [0.29, 0.717) is 12.8 Å². The van der Waals surface area contributed by atoms with E-state index in [4.69, 9.17) is 5.11 Å². The van der Waals surface area contributed by atoms with Gasteiger partial charge in [-0.2, -0.15) is 0 Å². The quantitative estimate of drug-likeness (QED) is 0.887. The Morgan fingerprint density at radius 2 is 1.90 bits per heavy atom. The van der Waals surface area contributed by atoms with Crippen molar-refractivity contribution in [2.24, 2.45) is 5.92 Å². The first-order valence-corrected chi connectivity index (χ1v) is 7.90. The van der Waals surface area contributed by atoms with E-state index in [9.17, 15) is 17.6 Å². The number of rotatable bonds is 4. The van der Waals surface area contributed by atoms with Gasteiger partial charge in [0.05, 0.1) is 5.92 Å². The Balaban J connectivity index is 2.23. The number of hydrogen-bond donors (Lipinski definition) is 2. The minimum atomic E-state index is -4.05. The number of benzene rings is 1. The summed E-state index contributed by atoms with van der Waals surface area (Å²) in [5, 5.41) is 9.12. The van der Waals surface area contributed by atoms with Crippen molar-refractivity contribution in [3.05, 3.63) is 30.1 Å². The van der Waals surface area contributed by atoms with Gasteiger partial charge in [0.2, 0.25) is 10.0 Å². The summed E-state index contributed by atoms with van der Waals surface area (Å²) in [5.74, 6) is -2.63. The summed E-state index contributed by atoms with van der Waals surface area (Å²) in [6.45, 7) is 0. The highest BCUT2D eigenvalue weighted by molar-refractivity contribution is 7.89. The molecule has 2 rings (SSSR count). The maximum absolute atomic E-state index is 13.6. The zero-order chi connectivity index (χ0) is 14.8. The maximum atomic E-state index is 13.6. The van der Waals surface area contributed by atoms with Gasteiger partial charge in [0.25, 0.3) is 0 Å². The average Bonchev–Trinajstić information content (AvgIpc) is 2.39. The summed E-state index contributed by atoms with van der Waals surface area (Å²) in [5.41, 5.74) is 0. The molecular weight excluding hydrogens is 285 g/mol. The van der Waals surface area contributed by atoms with Gasteiger partial charge < -0.3 is 5.11 Å². The lowest BCUT2D eigenvalue weighted by Crippen LogP contribution is -2.45. The molecule has 0 heterocycles. The molecule has 20 heavy (non-hydrogen) atoms. The molecule has 0 saturated heterocycles. The van der Waals surface area contributed by atoms with Crippen molar-refractivity contribution in [3.63, 3.8) is 0 Å². The zero-order valence-corrected chi connectivity index (χ0v) is 11.6. The molecule has 1 aromatic rings. The lowest BCUT2D eigenvalue weighted by molar-refractivity contribution is -0.143. The molecule has 0 aromatic heterocycles. The number of halogens is 1. The van der Waals surface area contributed by atoms with Gasteiger partial charge in [-0.3, -0.25) is 4.79 Å². The van der Waals surface area contributed by atoms with Crippen LogP contribution in [0, 0.1) is 11.7 Å². The van der Waals surface area contributed by atoms with E-state index in [2.05, 4.69) is 4.72 Å². The third kappa shape index (κ3) is 3.16. The lowest BCUT2D eigenvalue weighted by Gasteiger charge is -2.29. The van der Waals surface area contributed by atoms with Gasteiger partial charge in [-0.05, 0) is 25.0 Å². The molecule has 0 bridgehead atoms. The average molecular weight is 301 g/mol. The minimum absolute atomic E-state index is 0.430. The van der Waals surface area contributed by atoms with Crippen LogP contribution in [-0.4, -0.2) is 25.5 Å². The normalized spacial score (nSPS) is 23.4.